The Kier molecular flexibility index (Phi) is 9.56. The molecule has 1 saturated heterocycles. The maximum atomic E-state index is 11.9. The number of rotatable bonds is 6. The standard InChI is InChI=1S/C13H26N2O.ClH/c1-3-11-15(4-2)13(16)6-5-12-7-9-14-10-8-12;/h12,14H,3-11H2,1-2H3;1H. The van der Waals surface area contributed by atoms with Gasteiger partial charge in [0, 0.05) is 19.5 Å². The molecule has 1 aliphatic rings. The van der Waals surface area contributed by atoms with E-state index in [2.05, 4.69) is 19.2 Å². The number of nitrogens with one attached hydrogen (secondary N) is 1. The van der Waals surface area contributed by atoms with Gasteiger partial charge in [0.15, 0.2) is 0 Å². The number of piperidine rings is 1. The normalized spacial score (nSPS) is 16.4. The molecule has 0 aromatic rings. The largest absolute Gasteiger partial charge is 0.343 e. The summed E-state index contributed by atoms with van der Waals surface area (Å²) in [5.74, 6) is 1.12. The van der Waals surface area contributed by atoms with Crippen molar-refractivity contribution in [2.75, 3.05) is 26.2 Å². The van der Waals surface area contributed by atoms with E-state index >= 15 is 0 Å². The van der Waals surface area contributed by atoms with Crippen LogP contribution in [0.2, 0.25) is 0 Å². The lowest BCUT2D eigenvalue weighted by atomic mass is 9.93. The Hall–Kier alpha value is -0.280. The fourth-order valence-corrected chi connectivity index (χ4v) is 2.39. The number of hydrogen-bond donors (Lipinski definition) is 1. The monoisotopic (exact) mass is 262 g/mol. The molecule has 1 rings (SSSR count). The SMILES string of the molecule is CCCN(CC)C(=O)CCC1CCNCC1.Cl. The number of halogens is 1. The van der Waals surface area contributed by atoms with Crippen molar-refractivity contribution in [2.24, 2.45) is 5.92 Å². The first-order valence-corrected chi connectivity index (χ1v) is 6.76. The number of carbonyl (C=O) groups is 1. The molecule has 0 radical (unpaired) electrons. The van der Waals surface area contributed by atoms with Gasteiger partial charge in [-0.15, -0.1) is 12.4 Å². The first-order valence-electron chi connectivity index (χ1n) is 6.76. The highest BCUT2D eigenvalue weighted by Gasteiger charge is 2.16. The molecule has 0 spiro atoms. The Morgan fingerprint density at radius 2 is 1.94 bits per heavy atom. The van der Waals surface area contributed by atoms with Crippen LogP contribution in [0, 0.1) is 5.92 Å². The summed E-state index contributed by atoms with van der Waals surface area (Å²) in [5.41, 5.74) is 0. The van der Waals surface area contributed by atoms with Gasteiger partial charge in [0.05, 0.1) is 0 Å². The van der Waals surface area contributed by atoms with Crippen molar-refractivity contribution in [1.82, 2.24) is 10.2 Å². The Labute approximate surface area is 112 Å². The van der Waals surface area contributed by atoms with Gasteiger partial charge in [-0.2, -0.15) is 0 Å². The zero-order valence-electron chi connectivity index (χ0n) is 11.2. The molecule has 1 fully saturated rings. The van der Waals surface area contributed by atoms with E-state index in [1.807, 2.05) is 4.90 Å². The Morgan fingerprint density at radius 1 is 1.29 bits per heavy atom. The molecule has 0 aromatic carbocycles. The lowest BCUT2D eigenvalue weighted by Gasteiger charge is -2.24. The van der Waals surface area contributed by atoms with Crippen molar-refractivity contribution in [3.8, 4) is 0 Å². The number of amides is 1. The molecule has 4 heteroatoms. The second-order valence-corrected chi connectivity index (χ2v) is 4.71. The van der Waals surface area contributed by atoms with Gasteiger partial charge in [0.1, 0.15) is 0 Å². The van der Waals surface area contributed by atoms with E-state index in [4.69, 9.17) is 0 Å². The minimum atomic E-state index is 0. The van der Waals surface area contributed by atoms with Crippen LogP contribution >= 0.6 is 12.4 Å². The zero-order valence-corrected chi connectivity index (χ0v) is 12.0. The molecule has 0 atom stereocenters. The summed E-state index contributed by atoms with van der Waals surface area (Å²) in [7, 11) is 0. The maximum absolute atomic E-state index is 11.9. The van der Waals surface area contributed by atoms with E-state index in [0.29, 0.717) is 5.91 Å². The molecule has 17 heavy (non-hydrogen) atoms. The average Bonchev–Trinajstić information content (AvgIpc) is 2.34. The summed E-state index contributed by atoms with van der Waals surface area (Å²) in [6.45, 7) is 8.23. The van der Waals surface area contributed by atoms with E-state index in [9.17, 15) is 4.79 Å². The highest BCUT2D eigenvalue weighted by atomic mass is 35.5. The van der Waals surface area contributed by atoms with Crippen molar-refractivity contribution in [3.05, 3.63) is 0 Å². The van der Waals surface area contributed by atoms with Crippen LogP contribution in [0.3, 0.4) is 0 Å². The Balaban J connectivity index is 0.00000256. The van der Waals surface area contributed by atoms with Crippen LogP contribution in [-0.4, -0.2) is 37.0 Å². The number of nitrogens with zero attached hydrogens (tertiary/aromatic N) is 1. The summed E-state index contributed by atoms with van der Waals surface area (Å²) < 4.78 is 0. The molecule has 1 N–H and O–H groups in total. The highest BCUT2D eigenvalue weighted by Crippen LogP contribution is 2.18. The first-order chi connectivity index (χ1) is 7.77. The quantitative estimate of drug-likeness (QED) is 0.798. The van der Waals surface area contributed by atoms with Gasteiger partial charge < -0.3 is 10.2 Å². The molecular weight excluding hydrogens is 236 g/mol. The molecule has 102 valence electrons. The average molecular weight is 263 g/mol. The van der Waals surface area contributed by atoms with E-state index in [0.717, 1.165) is 51.4 Å². The van der Waals surface area contributed by atoms with Crippen molar-refractivity contribution in [2.45, 2.75) is 46.0 Å². The second kappa shape index (κ2) is 9.72. The third kappa shape index (κ3) is 6.27. The predicted octanol–water partition coefficient (Wildman–Crippen LogP) is 2.45. The minimum Gasteiger partial charge on any atom is -0.343 e. The molecule has 0 saturated carbocycles. The molecule has 0 bridgehead atoms. The maximum Gasteiger partial charge on any atom is 0.222 e. The summed E-state index contributed by atoms with van der Waals surface area (Å²) in [6.07, 6.45) is 5.38. The van der Waals surface area contributed by atoms with Crippen molar-refractivity contribution in [3.63, 3.8) is 0 Å². The molecular formula is C13H27ClN2O. The molecule has 1 heterocycles. The molecule has 0 aromatic heterocycles. The predicted molar refractivity (Wildman–Crippen MR) is 74.6 cm³/mol. The van der Waals surface area contributed by atoms with Crippen LogP contribution in [0.1, 0.15) is 46.0 Å². The van der Waals surface area contributed by atoms with Gasteiger partial charge in [-0.05, 0) is 51.6 Å². The van der Waals surface area contributed by atoms with Gasteiger partial charge in [-0.25, -0.2) is 0 Å². The third-order valence-corrected chi connectivity index (χ3v) is 3.45. The lowest BCUT2D eigenvalue weighted by Crippen LogP contribution is -2.33. The van der Waals surface area contributed by atoms with Crippen LogP contribution in [0.5, 0.6) is 0 Å². The van der Waals surface area contributed by atoms with Gasteiger partial charge in [-0.3, -0.25) is 4.79 Å². The Morgan fingerprint density at radius 3 is 2.47 bits per heavy atom. The van der Waals surface area contributed by atoms with Crippen LogP contribution in [0.4, 0.5) is 0 Å². The van der Waals surface area contributed by atoms with E-state index < -0.39 is 0 Å². The Bertz CT molecular complexity index is 206. The summed E-state index contributed by atoms with van der Waals surface area (Å²) >= 11 is 0. The lowest BCUT2D eigenvalue weighted by molar-refractivity contribution is -0.131. The number of hydrogen-bond acceptors (Lipinski definition) is 2. The molecule has 1 amide bonds. The van der Waals surface area contributed by atoms with Crippen LogP contribution in [-0.2, 0) is 4.79 Å². The summed E-state index contributed by atoms with van der Waals surface area (Å²) in [6, 6.07) is 0. The second-order valence-electron chi connectivity index (χ2n) is 4.71. The van der Waals surface area contributed by atoms with Gasteiger partial charge >= 0.3 is 0 Å². The fraction of sp³-hybridized carbons (Fsp3) is 0.923. The van der Waals surface area contributed by atoms with Gasteiger partial charge in [-0.1, -0.05) is 6.92 Å². The molecule has 3 nitrogen and oxygen atoms in total. The van der Waals surface area contributed by atoms with Crippen molar-refractivity contribution >= 4 is 18.3 Å². The zero-order chi connectivity index (χ0) is 11.8. The molecule has 1 aliphatic heterocycles. The van der Waals surface area contributed by atoms with E-state index in [1.54, 1.807) is 0 Å². The minimum absolute atomic E-state index is 0. The van der Waals surface area contributed by atoms with Crippen LogP contribution in [0.15, 0.2) is 0 Å². The van der Waals surface area contributed by atoms with Crippen LogP contribution in [0.25, 0.3) is 0 Å². The van der Waals surface area contributed by atoms with Crippen molar-refractivity contribution in [1.29, 1.82) is 0 Å². The van der Waals surface area contributed by atoms with Crippen molar-refractivity contribution < 1.29 is 4.79 Å². The fourth-order valence-electron chi connectivity index (χ4n) is 2.39. The topological polar surface area (TPSA) is 32.3 Å². The van der Waals surface area contributed by atoms with E-state index in [-0.39, 0.29) is 12.4 Å². The van der Waals surface area contributed by atoms with Gasteiger partial charge in [0.2, 0.25) is 5.91 Å². The first kappa shape index (κ1) is 16.7. The van der Waals surface area contributed by atoms with Gasteiger partial charge in [0.25, 0.3) is 0 Å². The number of carbonyl (C=O) groups excluding carboxylic acids is 1. The van der Waals surface area contributed by atoms with Crippen LogP contribution < -0.4 is 5.32 Å². The molecule has 0 aliphatic carbocycles. The smallest absolute Gasteiger partial charge is 0.222 e. The molecule has 0 unspecified atom stereocenters. The van der Waals surface area contributed by atoms with E-state index in [1.165, 1.54) is 12.8 Å². The third-order valence-electron chi connectivity index (χ3n) is 3.45. The summed E-state index contributed by atoms with van der Waals surface area (Å²) in [5, 5.41) is 3.36. The summed E-state index contributed by atoms with van der Waals surface area (Å²) in [4.78, 5) is 13.9. The highest BCUT2D eigenvalue weighted by molar-refractivity contribution is 5.85.